The summed E-state index contributed by atoms with van der Waals surface area (Å²) >= 11 is 1.19. The van der Waals surface area contributed by atoms with Crippen LogP contribution in [0.3, 0.4) is 0 Å². The van der Waals surface area contributed by atoms with E-state index < -0.39 is 22.9 Å². The molecule has 1 amide bonds. The number of amides is 1. The number of carbonyl (C=O) groups is 5. The Morgan fingerprint density at radius 3 is 2.34 bits per heavy atom. The molecule has 2 saturated heterocycles. The molecule has 7 atom stereocenters. The zero-order chi connectivity index (χ0) is 32.9. The van der Waals surface area contributed by atoms with Crippen LogP contribution in [0.5, 0.6) is 0 Å². The molecule has 0 aromatic heterocycles. The second kappa shape index (κ2) is 15.0. The number of rotatable bonds is 17. The van der Waals surface area contributed by atoms with E-state index in [1.165, 1.54) is 24.4 Å². The van der Waals surface area contributed by atoms with Crippen LogP contribution in [0.25, 0.3) is 0 Å². The van der Waals surface area contributed by atoms with E-state index in [1.807, 2.05) is 0 Å². The molecule has 2 heterocycles. The van der Waals surface area contributed by atoms with Crippen molar-refractivity contribution < 1.29 is 42.9 Å². The first kappa shape index (κ1) is 36.4. The van der Waals surface area contributed by atoms with Crippen LogP contribution < -0.4 is 5.32 Å². The van der Waals surface area contributed by atoms with Gasteiger partial charge in [-0.05, 0) is 40.0 Å². The molecule has 3 aliphatic rings. The Morgan fingerprint density at radius 1 is 1.09 bits per heavy atom. The lowest BCUT2D eigenvalue weighted by atomic mass is 9.67. The maximum atomic E-state index is 13.0. The number of hydrogen-bond donors (Lipinski definition) is 1. The molecule has 0 aromatic carbocycles. The first-order valence-electron chi connectivity index (χ1n) is 15.6. The minimum atomic E-state index is -0.728. The van der Waals surface area contributed by atoms with Crippen molar-refractivity contribution in [3.05, 3.63) is 11.6 Å². The predicted octanol–water partition coefficient (Wildman–Crippen LogP) is 4.02. The summed E-state index contributed by atoms with van der Waals surface area (Å²) in [6.45, 7) is 12.3. The van der Waals surface area contributed by atoms with Crippen LogP contribution in [0.4, 0.5) is 0 Å². The minimum Gasteiger partial charge on any atom is -0.469 e. The molecule has 11 heteroatoms. The van der Waals surface area contributed by atoms with Gasteiger partial charge in [-0.1, -0.05) is 32.4 Å². The quantitative estimate of drug-likeness (QED) is 0.108. The third-order valence-electron chi connectivity index (χ3n) is 9.06. The average Bonchev–Trinajstić information content (AvgIpc) is 3.86. The Labute approximate surface area is 266 Å². The number of hydrogen-bond acceptors (Lipinski definition) is 10. The van der Waals surface area contributed by atoms with E-state index >= 15 is 0 Å². The number of allylic oxidation sites excluding steroid dienone is 1. The van der Waals surface area contributed by atoms with Crippen molar-refractivity contribution in [3.8, 4) is 0 Å². The van der Waals surface area contributed by atoms with Crippen LogP contribution in [0, 0.1) is 17.3 Å². The summed E-state index contributed by atoms with van der Waals surface area (Å²) in [6, 6.07) is -0.280. The van der Waals surface area contributed by atoms with E-state index in [2.05, 4.69) is 32.2 Å². The lowest BCUT2D eigenvalue weighted by Crippen LogP contribution is -2.59. The summed E-state index contributed by atoms with van der Waals surface area (Å²) in [7, 11) is 2.89. The smallest absolute Gasteiger partial charge is 0.309 e. The van der Waals surface area contributed by atoms with Gasteiger partial charge in [0.05, 0.1) is 55.7 Å². The second-order valence-electron chi connectivity index (χ2n) is 13.9. The highest BCUT2D eigenvalue weighted by Crippen LogP contribution is 2.59. The molecule has 0 unspecified atom stereocenters. The van der Waals surface area contributed by atoms with Gasteiger partial charge in [0.25, 0.3) is 0 Å². The number of esters is 1. The van der Waals surface area contributed by atoms with Gasteiger partial charge < -0.3 is 24.3 Å². The lowest BCUT2D eigenvalue weighted by Gasteiger charge is -2.43. The molecule has 1 saturated carbocycles. The molecule has 0 aromatic rings. The number of methoxy groups -OCH3 is 2. The molecule has 2 aliphatic heterocycles. The fourth-order valence-electron chi connectivity index (χ4n) is 6.33. The fourth-order valence-corrected chi connectivity index (χ4v) is 7.31. The molecule has 0 bridgehead atoms. The number of carbonyl (C=O) groups excluding carboxylic acids is 5. The Morgan fingerprint density at radius 2 is 1.77 bits per heavy atom. The number of Topliss-reactive ketones (excluding diaryl/α,β-unsaturated/α-hetero) is 3. The molecular formula is C33H51NO9S. The second-order valence-corrected chi connectivity index (χ2v) is 14.9. The van der Waals surface area contributed by atoms with Crippen molar-refractivity contribution in [2.75, 3.05) is 32.3 Å². The van der Waals surface area contributed by atoms with E-state index in [0.29, 0.717) is 13.0 Å². The standard InChI is InChI=1S/C33H51NO9S/c1-20(2)9-12-26-32(6,43-26)29-28(40-7)24(13-14-33(29)19-42-33)34-27(38)16-23(36)18-44-17-21(30(39)41-8)15-22(35)10-11-25(37)31(3,4)5/h9,21,24,26,28-29H,10-19H2,1-8H3,(H,34,38)/t21-,24+,26+,28+,29+,32-,33-/m0/s1. The monoisotopic (exact) mass is 637 g/mol. The van der Waals surface area contributed by atoms with E-state index in [4.69, 9.17) is 18.9 Å². The highest BCUT2D eigenvalue weighted by molar-refractivity contribution is 7.99. The topological polar surface area (TPSA) is 141 Å². The van der Waals surface area contributed by atoms with Gasteiger partial charge >= 0.3 is 5.97 Å². The van der Waals surface area contributed by atoms with Gasteiger partial charge in [-0.3, -0.25) is 24.0 Å². The average molecular weight is 638 g/mol. The van der Waals surface area contributed by atoms with Crippen LogP contribution in [0.1, 0.15) is 86.5 Å². The number of epoxide rings is 2. The third-order valence-corrected chi connectivity index (χ3v) is 10.2. The highest BCUT2D eigenvalue weighted by atomic mass is 32.2. The van der Waals surface area contributed by atoms with Gasteiger partial charge in [-0.2, -0.15) is 11.8 Å². The molecule has 1 N–H and O–H groups in total. The molecule has 10 nitrogen and oxygen atoms in total. The van der Waals surface area contributed by atoms with Crippen molar-refractivity contribution in [1.82, 2.24) is 5.32 Å². The largest absolute Gasteiger partial charge is 0.469 e. The third kappa shape index (κ3) is 9.47. The van der Waals surface area contributed by atoms with Crippen molar-refractivity contribution in [2.24, 2.45) is 17.3 Å². The van der Waals surface area contributed by atoms with Crippen LogP contribution >= 0.6 is 11.8 Å². The van der Waals surface area contributed by atoms with Crippen LogP contribution in [0.2, 0.25) is 0 Å². The Bertz CT molecular complexity index is 1120. The van der Waals surface area contributed by atoms with E-state index in [1.54, 1.807) is 27.9 Å². The highest BCUT2D eigenvalue weighted by Gasteiger charge is 2.71. The normalized spacial score (nSPS) is 29.8. The first-order valence-corrected chi connectivity index (χ1v) is 16.7. The van der Waals surface area contributed by atoms with Gasteiger partial charge in [-0.15, -0.1) is 0 Å². The SMILES string of the molecule is COC(=O)[C@H](CSCC(=O)CC(=O)N[C@@H]1CC[C@]2(CO2)[C@@H]([C@@]2(C)O[C@@H]2CC=C(C)C)[C@@H]1OC)CC(=O)CCC(=O)C(C)(C)C. The van der Waals surface area contributed by atoms with E-state index in [-0.39, 0.29) is 90.2 Å². The maximum absolute atomic E-state index is 13.0. The zero-order valence-electron chi connectivity index (χ0n) is 27.6. The summed E-state index contributed by atoms with van der Waals surface area (Å²) in [4.78, 5) is 62.6. The number of thioether (sulfide) groups is 1. The lowest BCUT2D eigenvalue weighted by molar-refractivity contribution is -0.146. The molecular weight excluding hydrogens is 586 g/mol. The van der Waals surface area contributed by atoms with E-state index in [0.717, 1.165) is 12.8 Å². The van der Waals surface area contributed by atoms with Gasteiger partial charge in [0.1, 0.15) is 17.2 Å². The van der Waals surface area contributed by atoms with Gasteiger partial charge in [0, 0.05) is 43.5 Å². The Balaban J connectivity index is 1.49. The maximum Gasteiger partial charge on any atom is 0.309 e. The summed E-state index contributed by atoms with van der Waals surface area (Å²) < 4.78 is 23.0. The van der Waals surface area contributed by atoms with Gasteiger partial charge in [0.15, 0.2) is 5.78 Å². The van der Waals surface area contributed by atoms with Crippen LogP contribution in [-0.4, -0.2) is 91.0 Å². The zero-order valence-corrected chi connectivity index (χ0v) is 28.4. The summed E-state index contributed by atoms with van der Waals surface area (Å²) in [5, 5.41) is 3.03. The summed E-state index contributed by atoms with van der Waals surface area (Å²) in [5.41, 5.74) is -0.0142. The van der Waals surface area contributed by atoms with E-state index in [9.17, 15) is 24.0 Å². The van der Waals surface area contributed by atoms with Crippen molar-refractivity contribution in [3.63, 3.8) is 0 Å². The summed E-state index contributed by atoms with van der Waals surface area (Å²) in [6.07, 6.45) is 4.01. The number of ether oxygens (including phenoxy) is 4. The first-order chi connectivity index (χ1) is 20.6. The summed E-state index contributed by atoms with van der Waals surface area (Å²) in [5.74, 6) is -1.96. The minimum absolute atomic E-state index is 0.0154. The molecule has 3 fully saturated rings. The van der Waals surface area contributed by atoms with Crippen molar-refractivity contribution in [1.29, 1.82) is 0 Å². The molecule has 1 spiro atoms. The van der Waals surface area contributed by atoms with Gasteiger partial charge in [-0.25, -0.2) is 0 Å². The molecule has 0 radical (unpaired) electrons. The molecule has 44 heavy (non-hydrogen) atoms. The van der Waals surface area contributed by atoms with Crippen LogP contribution in [0.15, 0.2) is 11.6 Å². The fraction of sp³-hybridized carbons (Fsp3) is 0.788. The molecule has 248 valence electrons. The Kier molecular flexibility index (Phi) is 12.4. The number of nitrogens with one attached hydrogen (secondary N) is 1. The van der Waals surface area contributed by atoms with Crippen molar-refractivity contribution >= 4 is 41.0 Å². The number of ketones is 3. The predicted molar refractivity (Wildman–Crippen MR) is 167 cm³/mol. The van der Waals surface area contributed by atoms with Gasteiger partial charge in [0.2, 0.25) is 5.91 Å². The Hall–Kier alpha value is -2.08. The molecule has 3 rings (SSSR count). The molecule has 1 aliphatic carbocycles. The van der Waals surface area contributed by atoms with Crippen molar-refractivity contribution in [2.45, 2.75) is 116 Å². The van der Waals surface area contributed by atoms with Crippen LogP contribution in [-0.2, 0) is 42.9 Å².